The molecule has 6 nitrogen and oxygen atoms in total. The summed E-state index contributed by atoms with van der Waals surface area (Å²) >= 11 is 0. The molecule has 2 amide bonds. The van der Waals surface area contributed by atoms with E-state index in [-0.39, 0.29) is 17.7 Å². The Hall–Kier alpha value is -2.63. The van der Waals surface area contributed by atoms with Crippen molar-refractivity contribution in [3.05, 3.63) is 52.8 Å². The van der Waals surface area contributed by atoms with Crippen LogP contribution in [0, 0.1) is 0 Å². The Morgan fingerprint density at radius 1 is 1.20 bits per heavy atom. The molecule has 2 heterocycles. The summed E-state index contributed by atoms with van der Waals surface area (Å²) in [5.74, 6) is -0.243. The van der Waals surface area contributed by atoms with E-state index < -0.39 is 0 Å². The fourth-order valence-electron chi connectivity index (χ4n) is 3.37. The van der Waals surface area contributed by atoms with E-state index in [1.807, 2.05) is 49.2 Å². The van der Waals surface area contributed by atoms with Gasteiger partial charge in [-0.1, -0.05) is 30.3 Å². The van der Waals surface area contributed by atoms with E-state index in [1.54, 1.807) is 4.68 Å². The fourth-order valence-corrected chi connectivity index (χ4v) is 3.37. The molecule has 4 rings (SSSR count). The molecule has 130 valence electrons. The maximum Gasteiger partial charge on any atom is 0.272 e. The Labute approximate surface area is 146 Å². The van der Waals surface area contributed by atoms with E-state index in [9.17, 15) is 9.59 Å². The Balaban J connectivity index is 1.52. The topological polar surface area (TPSA) is 67.2 Å². The standard InChI is InChI=1S/C19H22N4O2/c1-12(13-6-4-3-5-7-13)19(25)23-10-15-16(11-23)22(2)21-17(15)18(24)20-14-8-9-14/h3-7,12,14H,8-11H2,1-2H3,(H,20,24). The summed E-state index contributed by atoms with van der Waals surface area (Å²) in [5.41, 5.74) is 3.31. The second-order valence-electron chi connectivity index (χ2n) is 6.97. The van der Waals surface area contributed by atoms with E-state index >= 15 is 0 Å². The maximum absolute atomic E-state index is 12.9. The number of carbonyl (C=O) groups is 2. The van der Waals surface area contributed by atoms with Crippen molar-refractivity contribution < 1.29 is 9.59 Å². The highest BCUT2D eigenvalue weighted by molar-refractivity contribution is 5.95. The summed E-state index contributed by atoms with van der Waals surface area (Å²) in [6.07, 6.45) is 2.08. The van der Waals surface area contributed by atoms with Crippen LogP contribution in [-0.2, 0) is 24.9 Å². The van der Waals surface area contributed by atoms with Crippen molar-refractivity contribution in [2.24, 2.45) is 7.05 Å². The van der Waals surface area contributed by atoms with Crippen LogP contribution >= 0.6 is 0 Å². The molecule has 0 radical (unpaired) electrons. The van der Waals surface area contributed by atoms with Gasteiger partial charge < -0.3 is 10.2 Å². The average molecular weight is 338 g/mol. The molecule has 2 aromatic rings. The SMILES string of the molecule is CC(C(=O)N1Cc2c(C(=O)NC3CC3)nn(C)c2C1)c1ccccc1. The van der Waals surface area contributed by atoms with Crippen LogP contribution in [0.1, 0.15) is 53.0 Å². The van der Waals surface area contributed by atoms with E-state index in [0.717, 1.165) is 29.7 Å². The quantitative estimate of drug-likeness (QED) is 0.927. The number of aromatic nitrogens is 2. The first kappa shape index (κ1) is 15.9. The zero-order chi connectivity index (χ0) is 17.6. The first-order chi connectivity index (χ1) is 12.0. The summed E-state index contributed by atoms with van der Waals surface area (Å²) < 4.78 is 1.73. The number of carbonyl (C=O) groups excluding carboxylic acids is 2. The zero-order valence-electron chi connectivity index (χ0n) is 14.5. The van der Waals surface area contributed by atoms with E-state index in [0.29, 0.717) is 24.8 Å². The van der Waals surface area contributed by atoms with E-state index in [1.165, 1.54) is 0 Å². The summed E-state index contributed by atoms with van der Waals surface area (Å²) in [5, 5.41) is 7.36. The lowest BCUT2D eigenvalue weighted by atomic mass is 10.00. The van der Waals surface area contributed by atoms with Crippen LogP contribution < -0.4 is 5.32 Å². The first-order valence-electron chi connectivity index (χ1n) is 8.74. The van der Waals surface area contributed by atoms with Gasteiger partial charge >= 0.3 is 0 Å². The molecular formula is C19H22N4O2. The van der Waals surface area contributed by atoms with Crippen molar-refractivity contribution >= 4 is 11.8 Å². The van der Waals surface area contributed by atoms with Crippen molar-refractivity contribution in [2.45, 2.75) is 44.8 Å². The molecule has 1 atom stereocenters. The summed E-state index contributed by atoms with van der Waals surface area (Å²) in [4.78, 5) is 27.1. The molecule has 1 N–H and O–H groups in total. The van der Waals surface area contributed by atoms with Crippen LogP contribution in [0.2, 0.25) is 0 Å². The number of benzene rings is 1. The molecule has 0 saturated heterocycles. The predicted molar refractivity (Wildman–Crippen MR) is 92.8 cm³/mol. The Morgan fingerprint density at radius 3 is 2.60 bits per heavy atom. The highest BCUT2D eigenvalue weighted by Crippen LogP contribution is 2.29. The molecule has 1 aliphatic carbocycles. The molecule has 6 heteroatoms. The largest absolute Gasteiger partial charge is 0.348 e. The minimum Gasteiger partial charge on any atom is -0.348 e. The molecule has 1 aromatic carbocycles. The number of nitrogens with zero attached hydrogens (tertiary/aromatic N) is 3. The molecule has 1 unspecified atom stereocenters. The molecule has 1 aromatic heterocycles. The summed E-state index contributed by atoms with van der Waals surface area (Å²) in [7, 11) is 1.83. The van der Waals surface area contributed by atoms with Crippen LogP contribution in [-0.4, -0.2) is 32.5 Å². The third kappa shape index (κ3) is 2.92. The Kier molecular flexibility index (Phi) is 3.82. The van der Waals surface area contributed by atoms with Gasteiger partial charge in [0.2, 0.25) is 5.91 Å². The molecule has 1 aliphatic heterocycles. The van der Waals surface area contributed by atoms with Crippen LogP contribution in [0.3, 0.4) is 0 Å². The van der Waals surface area contributed by atoms with Crippen molar-refractivity contribution in [3.63, 3.8) is 0 Å². The molecule has 25 heavy (non-hydrogen) atoms. The second kappa shape index (κ2) is 6.02. The third-order valence-electron chi connectivity index (χ3n) is 5.07. The maximum atomic E-state index is 12.9. The predicted octanol–water partition coefficient (Wildman–Crippen LogP) is 1.96. The van der Waals surface area contributed by atoms with Crippen molar-refractivity contribution in [1.29, 1.82) is 0 Å². The van der Waals surface area contributed by atoms with Gasteiger partial charge in [-0.3, -0.25) is 14.3 Å². The normalized spacial score (nSPS) is 17.3. The zero-order valence-corrected chi connectivity index (χ0v) is 14.5. The fraction of sp³-hybridized carbons (Fsp3) is 0.421. The van der Waals surface area contributed by atoms with Crippen LogP contribution in [0.15, 0.2) is 30.3 Å². The number of rotatable bonds is 4. The number of fused-ring (bicyclic) bond motifs is 1. The highest BCUT2D eigenvalue weighted by atomic mass is 16.2. The van der Waals surface area contributed by atoms with Gasteiger partial charge in [-0.05, 0) is 25.3 Å². The Bertz CT molecular complexity index is 823. The Morgan fingerprint density at radius 2 is 1.92 bits per heavy atom. The average Bonchev–Trinajstić information content (AvgIpc) is 3.23. The molecular weight excluding hydrogens is 316 g/mol. The first-order valence-corrected chi connectivity index (χ1v) is 8.74. The molecule has 0 spiro atoms. The molecule has 2 aliphatic rings. The number of aryl methyl sites for hydroxylation is 1. The third-order valence-corrected chi connectivity index (χ3v) is 5.07. The van der Waals surface area contributed by atoms with Crippen LogP contribution in [0.25, 0.3) is 0 Å². The minimum atomic E-state index is -0.202. The lowest BCUT2D eigenvalue weighted by molar-refractivity contribution is -0.133. The lowest BCUT2D eigenvalue weighted by Crippen LogP contribution is -2.31. The van der Waals surface area contributed by atoms with Gasteiger partial charge in [0.05, 0.1) is 24.7 Å². The van der Waals surface area contributed by atoms with Gasteiger partial charge in [0.15, 0.2) is 5.69 Å². The minimum absolute atomic E-state index is 0.0796. The molecule has 1 saturated carbocycles. The number of hydrogen-bond acceptors (Lipinski definition) is 3. The van der Waals surface area contributed by atoms with Gasteiger partial charge in [0.1, 0.15) is 0 Å². The lowest BCUT2D eigenvalue weighted by Gasteiger charge is -2.21. The van der Waals surface area contributed by atoms with Gasteiger partial charge in [-0.15, -0.1) is 0 Å². The van der Waals surface area contributed by atoms with Crippen molar-refractivity contribution in [2.75, 3.05) is 0 Å². The number of amides is 2. The molecule has 0 bridgehead atoms. The monoisotopic (exact) mass is 338 g/mol. The molecule has 1 fully saturated rings. The van der Waals surface area contributed by atoms with E-state index in [2.05, 4.69) is 10.4 Å². The van der Waals surface area contributed by atoms with Crippen molar-refractivity contribution in [1.82, 2.24) is 20.0 Å². The summed E-state index contributed by atoms with van der Waals surface area (Å²) in [6, 6.07) is 10.1. The van der Waals surface area contributed by atoms with Gasteiger partial charge in [0, 0.05) is 18.7 Å². The van der Waals surface area contributed by atoms with Crippen LogP contribution in [0.5, 0.6) is 0 Å². The van der Waals surface area contributed by atoms with Gasteiger partial charge in [0.25, 0.3) is 5.91 Å². The number of nitrogens with one attached hydrogen (secondary N) is 1. The van der Waals surface area contributed by atoms with E-state index in [4.69, 9.17) is 0 Å². The van der Waals surface area contributed by atoms with Gasteiger partial charge in [-0.25, -0.2) is 0 Å². The second-order valence-corrected chi connectivity index (χ2v) is 6.97. The number of hydrogen-bond donors (Lipinski definition) is 1. The van der Waals surface area contributed by atoms with Crippen LogP contribution in [0.4, 0.5) is 0 Å². The smallest absolute Gasteiger partial charge is 0.272 e. The van der Waals surface area contributed by atoms with Crippen molar-refractivity contribution in [3.8, 4) is 0 Å². The summed E-state index contributed by atoms with van der Waals surface area (Å²) in [6.45, 7) is 2.89. The highest BCUT2D eigenvalue weighted by Gasteiger charge is 2.35. The van der Waals surface area contributed by atoms with Gasteiger partial charge in [-0.2, -0.15) is 5.10 Å².